The first-order valence-electron chi connectivity index (χ1n) is 3.24. The molecule has 0 aromatic carbocycles. The Morgan fingerprint density at radius 1 is 1.55 bits per heavy atom. The molecule has 0 aliphatic rings. The highest BCUT2D eigenvalue weighted by Gasteiger charge is 2.21. The molecule has 0 N–H and O–H groups in total. The van der Waals surface area contributed by atoms with Crippen LogP contribution in [0.15, 0.2) is 12.3 Å². The Bertz CT molecular complexity index is 205. The lowest BCUT2D eigenvalue weighted by molar-refractivity contribution is -0.146. The standard InChI is InChI=1S/C8H11NO2/c1-8(2,3)7(10)11-6-4-5-9/h4,6H,1-3H3. The number of nitrogens with zero attached hydrogens (tertiary/aromatic N) is 1. The van der Waals surface area contributed by atoms with E-state index in [-0.39, 0.29) is 5.97 Å². The van der Waals surface area contributed by atoms with Crippen LogP contribution in [0.25, 0.3) is 0 Å². The van der Waals surface area contributed by atoms with Crippen molar-refractivity contribution in [2.45, 2.75) is 20.8 Å². The average Bonchev–Trinajstić information content (AvgIpc) is 1.86. The van der Waals surface area contributed by atoms with Crippen molar-refractivity contribution in [3.63, 3.8) is 0 Å². The number of allylic oxidation sites excluding steroid dienone is 1. The molecule has 0 amide bonds. The van der Waals surface area contributed by atoms with E-state index in [2.05, 4.69) is 4.74 Å². The first-order chi connectivity index (χ1) is 4.98. The molecule has 0 aliphatic carbocycles. The maximum absolute atomic E-state index is 11.0. The molecule has 0 spiro atoms. The van der Waals surface area contributed by atoms with Gasteiger partial charge >= 0.3 is 5.97 Å². The van der Waals surface area contributed by atoms with Crippen molar-refractivity contribution >= 4 is 5.97 Å². The van der Waals surface area contributed by atoms with Crippen LogP contribution in [-0.4, -0.2) is 5.97 Å². The molecule has 0 radical (unpaired) electrons. The van der Waals surface area contributed by atoms with E-state index in [1.807, 2.05) is 0 Å². The van der Waals surface area contributed by atoms with Gasteiger partial charge in [0.15, 0.2) is 0 Å². The second-order valence-electron chi connectivity index (χ2n) is 3.09. The Balaban J connectivity index is 3.92. The van der Waals surface area contributed by atoms with Crippen molar-refractivity contribution < 1.29 is 9.53 Å². The number of rotatable bonds is 1. The van der Waals surface area contributed by atoms with Crippen molar-refractivity contribution in [2.24, 2.45) is 5.41 Å². The molecule has 60 valence electrons. The summed E-state index contributed by atoms with van der Waals surface area (Å²) in [6.45, 7) is 5.24. The van der Waals surface area contributed by atoms with E-state index < -0.39 is 5.41 Å². The fraction of sp³-hybridized carbons (Fsp3) is 0.500. The molecule has 0 aliphatic heterocycles. The van der Waals surface area contributed by atoms with Crippen LogP contribution in [-0.2, 0) is 9.53 Å². The first kappa shape index (κ1) is 9.70. The van der Waals surface area contributed by atoms with E-state index >= 15 is 0 Å². The molecule has 0 rings (SSSR count). The van der Waals surface area contributed by atoms with Crippen LogP contribution < -0.4 is 0 Å². The smallest absolute Gasteiger partial charge is 0.316 e. The molecule has 3 nitrogen and oxygen atoms in total. The van der Waals surface area contributed by atoms with E-state index in [1.54, 1.807) is 26.8 Å². The third kappa shape index (κ3) is 4.15. The summed E-state index contributed by atoms with van der Waals surface area (Å²) in [6, 6.07) is 1.72. The van der Waals surface area contributed by atoms with Crippen molar-refractivity contribution in [2.75, 3.05) is 0 Å². The minimum Gasteiger partial charge on any atom is -0.433 e. The zero-order chi connectivity index (χ0) is 8.91. The van der Waals surface area contributed by atoms with Gasteiger partial charge in [0.05, 0.1) is 17.6 Å². The number of esters is 1. The fourth-order valence-electron chi connectivity index (χ4n) is 0.303. The van der Waals surface area contributed by atoms with Gasteiger partial charge in [-0.15, -0.1) is 0 Å². The molecule has 0 unspecified atom stereocenters. The Morgan fingerprint density at radius 3 is 2.45 bits per heavy atom. The van der Waals surface area contributed by atoms with E-state index in [1.165, 1.54) is 0 Å². The molecular formula is C8H11NO2. The first-order valence-corrected chi connectivity index (χ1v) is 3.24. The highest BCUT2D eigenvalue weighted by Crippen LogP contribution is 2.14. The van der Waals surface area contributed by atoms with Crippen LogP contribution in [0, 0.1) is 16.7 Å². The van der Waals surface area contributed by atoms with Crippen LogP contribution in [0.4, 0.5) is 0 Å². The average molecular weight is 153 g/mol. The van der Waals surface area contributed by atoms with E-state index in [4.69, 9.17) is 5.26 Å². The largest absolute Gasteiger partial charge is 0.433 e. The summed E-state index contributed by atoms with van der Waals surface area (Å²) < 4.78 is 4.60. The molecule has 0 atom stereocenters. The highest BCUT2D eigenvalue weighted by molar-refractivity contribution is 5.75. The van der Waals surface area contributed by atoms with Crippen molar-refractivity contribution in [1.29, 1.82) is 5.26 Å². The minimum atomic E-state index is -0.514. The van der Waals surface area contributed by atoms with Gasteiger partial charge in [-0.3, -0.25) is 4.79 Å². The van der Waals surface area contributed by atoms with E-state index in [9.17, 15) is 4.79 Å². The number of carbonyl (C=O) groups is 1. The quantitative estimate of drug-likeness (QED) is 0.326. The number of hydrogen-bond donors (Lipinski definition) is 0. The number of carbonyl (C=O) groups excluding carboxylic acids is 1. The topological polar surface area (TPSA) is 50.1 Å². The van der Waals surface area contributed by atoms with Crippen LogP contribution in [0.1, 0.15) is 20.8 Å². The van der Waals surface area contributed by atoms with E-state index in [0.29, 0.717) is 0 Å². The van der Waals surface area contributed by atoms with Gasteiger partial charge in [0.25, 0.3) is 0 Å². The van der Waals surface area contributed by atoms with Gasteiger partial charge in [-0.1, -0.05) is 0 Å². The van der Waals surface area contributed by atoms with Crippen LogP contribution in [0.5, 0.6) is 0 Å². The second kappa shape index (κ2) is 3.77. The third-order valence-electron chi connectivity index (χ3n) is 0.930. The van der Waals surface area contributed by atoms with Gasteiger partial charge in [-0.05, 0) is 20.8 Å². The number of ether oxygens (including phenoxy) is 1. The Morgan fingerprint density at radius 2 is 2.09 bits per heavy atom. The lowest BCUT2D eigenvalue weighted by atomic mass is 9.98. The van der Waals surface area contributed by atoms with Gasteiger partial charge < -0.3 is 4.74 Å². The van der Waals surface area contributed by atoms with Gasteiger partial charge in [0.1, 0.15) is 6.26 Å². The van der Waals surface area contributed by atoms with Crippen molar-refractivity contribution in [3.05, 3.63) is 12.3 Å². The number of hydrogen-bond acceptors (Lipinski definition) is 3. The minimum absolute atomic E-state index is 0.344. The molecule has 0 saturated heterocycles. The van der Waals surface area contributed by atoms with Gasteiger partial charge in [-0.2, -0.15) is 5.26 Å². The van der Waals surface area contributed by atoms with Crippen LogP contribution in [0.2, 0.25) is 0 Å². The highest BCUT2D eigenvalue weighted by atomic mass is 16.5. The molecule has 0 aromatic rings. The fourth-order valence-corrected chi connectivity index (χ4v) is 0.303. The predicted octanol–water partition coefficient (Wildman–Crippen LogP) is 1.61. The Labute approximate surface area is 66.3 Å². The van der Waals surface area contributed by atoms with Gasteiger partial charge in [0, 0.05) is 0 Å². The lowest BCUT2D eigenvalue weighted by Gasteiger charge is -2.13. The maximum atomic E-state index is 11.0. The summed E-state index contributed by atoms with van der Waals surface area (Å²) in [5, 5.41) is 8.05. The summed E-state index contributed by atoms with van der Waals surface area (Å²) >= 11 is 0. The molecule has 0 aromatic heterocycles. The SMILES string of the molecule is CC(C)(C)C(=O)OC=CC#N. The zero-order valence-corrected chi connectivity index (χ0v) is 6.92. The molecular weight excluding hydrogens is 142 g/mol. The molecule has 3 heteroatoms. The Hall–Kier alpha value is -1.30. The van der Waals surface area contributed by atoms with Gasteiger partial charge in [-0.25, -0.2) is 0 Å². The van der Waals surface area contributed by atoms with Gasteiger partial charge in [0.2, 0.25) is 0 Å². The summed E-state index contributed by atoms with van der Waals surface area (Å²) in [6.07, 6.45) is 2.21. The Kier molecular flexibility index (Phi) is 3.32. The van der Waals surface area contributed by atoms with Crippen molar-refractivity contribution in [1.82, 2.24) is 0 Å². The molecule has 0 bridgehead atoms. The lowest BCUT2D eigenvalue weighted by Crippen LogP contribution is -2.20. The summed E-state index contributed by atoms with van der Waals surface area (Å²) in [5.74, 6) is -0.344. The molecule has 0 fully saturated rings. The van der Waals surface area contributed by atoms with Crippen molar-refractivity contribution in [3.8, 4) is 6.07 Å². The zero-order valence-electron chi connectivity index (χ0n) is 6.92. The number of nitriles is 1. The summed E-state index contributed by atoms with van der Waals surface area (Å²) in [4.78, 5) is 11.0. The molecule has 0 heterocycles. The predicted molar refractivity (Wildman–Crippen MR) is 40.3 cm³/mol. The second-order valence-corrected chi connectivity index (χ2v) is 3.09. The third-order valence-corrected chi connectivity index (χ3v) is 0.930. The van der Waals surface area contributed by atoms with E-state index in [0.717, 1.165) is 12.3 Å². The molecule has 0 saturated carbocycles. The molecule has 11 heavy (non-hydrogen) atoms. The monoisotopic (exact) mass is 153 g/mol. The maximum Gasteiger partial charge on any atom is 0.316 e. The normalized spacial score (nSPS) is 11.1. The van der Waals surface area contributed by atoms with Crippen LogP contribution in [0.3, 0.4) is 0 Å². The van der Waals surface area contributed by atoms with Crippen LogP contribution >= 0.6 is 0 Å². The summed E-state index contributed by atoms with van der Waals surface area (Å²) in [5.41, 5.74) is -0.514. The summed E-state index contributed by atoms with van der Waals surface area (Å²) in [7, 11) is 0.